The second-order valence-corrected chi connectivity index (χ2v) is 7.35. The van der Waals surface area contributed by atoms with E-state index in [1.165, 1.54) is 0 Å². The van der Waals surface area contributed by atoms with Gasteiger partial charge in [0.25, 0.3) is 5.91 Å². The van der Waals surface area contributed by atoms with Crippen LogP contribution in [0, 0.1) is 13.8 Å². The Morgan fingerprint density at radius 2 is 2.04 bits per heavy atom. The fraction of sp³-hybridized carbons (Fsp3) is 0.588. The number of amides is 1. The van der Waals surface area contributed by atoms with Gasteiger partial charge in [0, 0.05) is 38.8 Å². The minimum atomic E-state index is 0.129. The van der Waals surface area contributed by atoms with Crippen molar-refractivity contribution >= 4 is 17.2 Å². The molecule has 7 heteroatoms. The Hall–Kier alpha value is -1.73. The largest absolute Gasteiger partial charge is 0.361 e. The molecule has 0 unspecified atom stereocenters. The number of carbonyl (C=O) groups excluding carboxylic acids is 1. The van der Waals surface area contributed by atoms with Crippen molar-refractivity contribution < 1.29 is 9.32 Å². The molecule has 6 nitrogen and oxygen atoms in total. The van der Waals surface area contributed by atoms with Gasteiger partial charge in [0.1, 0.15) is 10.6 Å². The number of hydrogen-bond acceptors (Lipinski definition) is 6. The lowest BCUT2D eigenvalue weighted by atomic mass is 10.2. The van der Waals surface area contributed by atoms with Crippen LogP contribution in [-0.2, 0) is 13.0 Å². The standard InChI is InChI=1S/C17H24N4O2S/c1-4-5-15-18-13(3)16(24-15)17(22)21-8-6-20(7-9-21)11-14-10-12(2)23-19-14/h10H,4-9,11H2,1-3H3. The molecule has 1 saturated heterocycles. The van der Waals surface area contributed by atoms with Crippen LogP contribution in [0.5, 0.6) is 0 Å². The molecule has 3 heterocycles. The molecule has 0 aliphatic carbocycles. The van der Waals surface area contributed by atoms with Crippen molar-refractivity contribution in [3.63, 3.8) is 0 Å². The Labute approximate surface area is 146 Å². The maximum atomic E-state index is 12.8. The molecule has 130 valence electrons. The lowest BCUT2D eigenvalue weighted by molar-refractivity contribution is 0.0629. The predicted octanol–water partition coefficient (Wildman–Crippen LogP) is 2.66. The van der Waals surface area contributed by atoms with Gasteiger partial charge in [0.2, 0.25) is 0 Å². The molecule has 0 N–H and O–H groups in total. The van der Waals surface area contributed by atoms with E-state index in [4.69, 9.17) is 4.52 Å². The van der Waals surface area contributed by atoms with Gasteiger partial charge in [0.05, 0.1) is 16.4 Å². The summed E-state index contributed by atoms with van der Waals surface area (Å²) >= 11 is 1.55. The van der Waals surface area contributed by atoms with Crippen LogP contribution in [0.4, 0.5) is 0 Å². The van der Waals surface area contributed by atoms with Gasteiger partial charge in [-0.15, -0.1) is 11.3 Å². The van der Waals surface area contributed by atoms with Gasteiger partial charge in [-0.1, -0.05) is 12.1 Å². The molecule has 0 saturated carbocycles. The third-order valence-corrected chi connectivity index (χ3v) is 5.43. The number of rotatable bonds is 5. The molecule has 3 rings (SSSR count). The van der Waals surface area contributed by atoms with Gasteiger partial charge in [-0.2, -0.15) is 0 Å². The van der Waals surface area contributed by atoms with Gasteiger partial charge in [-0.3, -0.25) is 9.69 Å². The molecular weight excluding hydrogens is 324 g/mol. The molecule has 1 amide bonds. The molecule has 0 spiro atoms. The van der Waals surface area contributed by atoms with Crippen molar-refractivity contribution in [2.24, 2.45) is 0 Å². The zero-order valence-corrected chi connectivity index (χ0v) is 15.4. The Balaban J connectivity index is 1.57. The van der Waals surface area contributed by atoms with Crippen molar-refractivity contribution in [3.05, 3.63) is 33.1 Å². The monoisotopic (exact) mass is 348 g/mol. The van der Waals surface area contributed by atoms with Crippen molar-refractivity contribution in [2.45, 2.75) is 40.2 Å². The number of aromatic nitrogens is 2. The number of carbonyl (C=O) groups is 1. The van der Waals surface area contributed by atoms with Crippen LogP contribution in [0.3, 0.4) is 0 Å². The Bertz CT molecular complexity index is 701. The van der Waals surface area contributed by atoms with Crippen molar-refractivity contribution in [1.82, 2.24) is 19.9 Å². The highest BCUT2D eigenvalue weighted by atomic mass is 32.1. The molecule has 1 aliphatic rings. The zero-order chi connectivity index (χ0) is 17.1. The lowest BCUT2D eigenvalue weighted by Crippen LogP contribution is -2.48. The first kappa shape index (κ1) is 17.1. The maximum absolute atomic E-state index is 12.8. The second kappa shape index (κ2) is 7.44. The van der Waals surface area contributed by atoms with Gasteiger partial charge in [0.15, 0.2) is 0 Å². The summed E-state index contributed by atoms with van der Waals surface area (Å²) in [6.45, 7) is 9.96. The van der Waals surface area contributed by atoms with Crippen LogP contribution < -0.4 is 0 Å². The Morgan fingerprint density at radius 3 is 2.67 bits per heavy atom. The van der Waals surface area contributed by atoms with E-state index in [1.54, 1.807) is 11.3 Å². The van der Waals surface area contributed by atoms with Crippen molar-refractivity contribution in [3.8, 4) is 0 Å². The molecule has 1 fully saturated rings. The molecule has 0 aromatic carbocycles. The average molecular weight is 348 g/mol. The van der Waals surface area contributed by atoms with E-state index in [-0.39, 0.29) is 5.91 Å². The molecule has 0 radical (unpaired) electrons. The van der Waals surface area contributed by atoms with Crippen LogP contribution >= 0.6 is 11.3 Å². The normalized spacial score (nSPS) is 15.9. The maximum Gasteiger partial charge on any atom is 0.265 e. The molecule has 2 aromatic rings. The summed E-state index contributed by atoms with van der Waals surface area (Å²) in [5.74, 6) is 0.964. The van der Waals surface area contributed by atoms with Crippen molar-refractivity contribution in [1.29, 1.82) is 0 Å². The van der Waals surface area contributed by atoms with Crippen LogP contribution in [0.1, 0.15) is 45.2 Å². The summed E-state index contributed by atoms with van der Waals surface area (Å²) in [7, 11) is 0. The van der Waals surface area contributed by atoms with Gasteiger partial charge >= 0.3 is 0 Å². The zero-order valence-electron chi connectivity index (χ0n) is 14.5. The molecule has 0 atom stereocenters. The summed E-state index contributed by atoms with van der Waals surface area (Å²) < 4.78 is 5.11. The summed E-state index contributed by atoms with van der Waals surface area (Å²) in [5.41, 5.74) is 1.82. The summed E-state index contributed by atoms with van der Waals surface area (Å²) in [4.78, 5) is 22.3. The fourth-order valence-corrected chi connectivity index (χ4v) is 4.08. The topological polar surface area (TPSA) is 62.5 Å². The predicted molar refractivity (Wildman–Crippen MR) is 93.3 cm³/mol. The van der Waals surface area contributed by atoms with Crippen LogP contribution in [0.2, 0.25) is 0 Å². The van der Waals surface area contributed by atoms with Gasteiger partial charge in [-0.25, -0.2) is 4.98 Å². The second-order valence-electron chi connectivity index (χ2n) is 6.27. The fourth-order valence-electron chi connectivity index (χ4n) is 2.95. The highest BCUT2D eigenvalue weighted by molar-refractivity contribution is 7.13. The Morgan fingerprint density at radius 1 is 1.29 bits per heavy atom. The van der Waals surface area contributed by atoms with Crippen LogP contribution in [0.25, 0.3) is 0 Å². The Kier molecular flexibility index (Phi) is 5.30. The van der Waals surface area contributed by atoms with E-state index in [9.17, 15) is 4.79 Å². The SMILES string of the molecule is CCCc1nc(C)c(C(=O)N2CCN(Cc3cc(C)on3)CC2)s1. The van der Waals surface area contributed by atoms with E-state index >= 15 is 0 Å². The molecule has 0 bridgehead atoms. The van der Waals surface area contributed by atoms with E-state index in [0.717, 1.165) is 72.6 Å². The number of aryl methyl sites for hydroxylation is 3. The third kappa shape index (κ3) is 3.84. The van der Waals surface area contributed by atoms with Crippen LogP contribution in [-0.4, -0.2) is 52.0 Å². The van der Waals surface area contributed by atoms with Gasteiger partial charge < -0.3 is 9.42 Å². The highest BCUT2D eigenvalue weighted by Crippen LogP contribution is 2.22. The van der Waals surface area contributed by atoms with E-state index < -0.39 is 0 Å². The van der Waals surface area contributed by atoms with E-state index in [0.29, 0.717) is 0 Å². The number of thiazole rings is 1. The molecule has 1 aliphatic heterocycles. The molecular formula is C17H24N4O2S. The first-order valence-corrected chi connectivity index (χ1v) is 9.28. The lowest BCUT2D eigenvalue weighted by Gasteiger charge is -2.34. The van der Waals surface area contributed by atoms with Crippen molar-refractivity contribution in [2.75, 3.05) is 26.2 Å². The quantitative estimate of drug-likeness (QED) is 0.831. The minimum Gasteiger partial charge on any atom is -0.361 e. The smallest absolute Gasteiger partial charge is 0.265 e. The molecule has 2 aromatic heterocycles. The number of nitrogens with zero attached hydrogens (tertiary/aromatic N) is 4. The highest BCUT2D eigenvalue weighted by Gasteiger charge is 2.25. The summed E-state index contributed by atoms with van der Waals surface area (Å²) in [6.07, 6.45) is 2.00. The summed E-state index contributed by atoms with van der Waals surface area (Å²) in [6, 6.07) is 1.97. The summed E-state index contributed by atoms with van der Waals surface area (Å²) in [5, 5.41) is 5.11. The van der Waals surface area contributed by atoms with Crippen LogP contribution in [0.15, 0.2) is 10.6 Å². The first-order chi connectivity index (χ1) is 11.6. The van der Waals surface area contributed by atoms with Gasteiger partial charge in [-0.05, 0) is 26.7 Å². The first-order valence-electron chi connectivity index (χ1n) is 8.47. The third-order valence-electron chi connectivity index (χ3n) is 4.22. The van der Waals surface area contributed by atoms with E-state index in [1.807, 2.05) is 24.8 Å². The minimum absolute atomic E-state index is 0.129. The van der Waals surface area contributed by atoms with E-state index in [2.05, 4.69) is 22.0 Å². The molecule has 24 heavy (non-hydrogen) atoms. The average Bonchev–Trinajstić information content (AvgIpc) is 3.13. The number of piperazine rings is 1. The number of hydrogen-bond donors (Lipinski definition) is 0.